The maximum Gasteiger partial charge on any atom is 0.162 e. The first-order valence-electron chi connectivity index (χ1n) is 7.37. The van der Waals surface area contributed by atoms with Crippen molar-refractivity contribution in [3.05, 3.63) is 35.5 Å². The Morgan fingerprint density at radius 2 is 2.30 bits per heavy atom. The van der Waals surface area contributed by atoms with Gasteiger partial charge in [0.1, 0.15) is 6.26 Å². The van der Waals surface area contributed by atoms with Gasteiger partial charge in [-0.05, 0) is 56.8 Å². The average molecular weight is 271 g/mol. The minimum atomic E-state index is 0.713. The summed E-state index contributed by atoms with van der Waals surface area (Å²) in [5.41, 5.74) is 4.66. The molecule has 2 aromatic rings. The number of furan rings is 1. The van der Waals surface area contributed by atoms with Crippen molar-refractivity contribution < 1.29 is 4.42 Å². The summed E-state index contributed by atoms with van der Waals surface area (Å²) in [4.78, 5) is 9.39. The van der Waals surface area contributed by atoms with Gasteiger partial charge in [0.25, 0.3) is 0 Å². The van der Waals surface area contributed by atoms with Gasteiger partial charge in [-0.1, -0.05) is 6.92 Å². The van der Waals surface area contributed by atoms with Crippen molar-refractivity contribution in [2.24, 2.45) is 5.92 Å². The number of hydrogen-bond donors (Lipinski definition) is 1. The SMILES string of the molecule is CCNCC1CCc2nc(-c3ccoc3)nc(C)c2C1. The molecule has 0 aliphatic heterocycles. The highest BCUT2D eigenvalue weighted by Crippen LogP contribution is 2.28. The number of nitrogens with one attached hydrogen (secondary N) is 1. The molecule has 0 fully saturated rings. The third-order valence-corrected chi connectivity index (χ3v) is 4.04. The number of aryl methyl sites for hydroxylation is 2. The van der Waals surface area contributed by atoms with Crippen molar-refractivity contribution in [1.82, 2.24) is 15.3 Å². The molecule has 1 aliphatic rings. The predicted octanol–water partition coefficient (Wildman–Crippen LogP) is 2.76. The van der Waals surface area contributed by atoms with Crippen molar-refractivity contribution in [1.29, 1.82) is 0 Å². The largest absolute Gasteiger partial charge is 0.472 e. The third-order valence-electron chi connectivity index (χ3n) is 4.04. The van der Waals surface area contributed by atoms with E-state index < -0.39 is 0 Å². The molecule has 0 saturated heterocycles. The van der Waals surface area contributed by atoms with E-state index in [-0.39, 0.29) is 0 Å². The summed E-state index contributed by atoms with van der Waals surface area (Å²) in [7, 11) is 0. The highest BCUT2D eigenvalue weighted by atomic mass is 16.3. The number of nitrogens with zero attached hydrogens (tertiary/aromatic N) is 2. The zero-order valence-corrected chi connectivity index (χ0v) is 12.1. The summed E-state index contributed by atoms with van der Waals surface area (Å²) in [5, 5.41) is 3.45. The Hall–Kier alpha value is -1.68. The molecule has 4 nitrogen and oxygen atoms in total. The molecule has 3 rings (SSSR count). The minimum absolute atomic E-state index is 0.713. The zero-order chi connectivity index (χ0) is 13.9. The second kappa shape index (κ2) is 5.75. The van der Waals surface area contributed by atoms with Crippen LogP contribution in [0.15, 0.2) is 23.0 Å². The molecule has 2 aromatic heterocycles. The first kappa shape index (κ1) is 13.3. The van der Waals surface area contributed by atoms with Gasteiger partial charge in [0.2, 0.25) is 0 Å². The molecule has 0 amide bonds. The van der Waals surface area contributed by atoms with Gasteiger partial charge in [-0.25, -0.2) is 9.97 Å². The van der Waals surface area contributed by atoms with E-state index in [9.17, 15) is 0 Å². The summed E-state index contributed by atoms with van der Waals surface area (Å²) in [6.07, 6.45) is 6.73. The predicted molar refractivity (Wildman–Crippen MR) is 78.5 cm³/mol. The van der Waals surface area contributed by atoms with Gasteiger partial charge in [0.15, 0.2) is 5.82 Å². The van der Waals surface area contributed by atoms with Crippen molar-refractivity contribution in [2.75, 3.05) is 13.1 Å². The lowest BCUT2D eigenvalue weighted by Gasteiger charge is -2.25. The van der Waals surface area contributed by atoms with E-state index >= 15 is 0 Å². The van der Waals surface area contributed by atoms with Crippen LogP contribution >= 0.6 is 0 Å². The van der Waals surface area contributed by atoms with Gasteiger partial charge in [0, 0.05) is 11.4 Å². The molecule has 4 heteroatoms. The molecule has 20 heavy (non-hydrogen) atoms. The van der Waals surface area contributed by atoms with E-state index in [1.165, 1.54) is 17.7 Å². The van der Waals surface area contributed by atoms with Crippen LogP contribution in [0.5, 0.6) is 0 Å². The van der Waals surface area contributed by atoms with Gasteiger partial charge < -0.3 is 9.73 Å². The van der Waals surface area contributed by atoms with Crippen LogP contribution in [0.25, 0.3) is 11.4 Å². The molecule has 1 aliphatic carbocycles. The van der Waals surface area contributed by atoms with E-state index in [2.05, 4.69) is 24.1 Å². The van der Waals surface area contributed by atoms with Crippen molar-refractivity contribution in [3.8, 4) is 11.4 Å². The van der Waals surface area contributed by atoms with Crippen molar-refractivity contribution >= 4 is 0 Å². The Morgan fingerprint density at radius 3 is 3.05 bits per heavy atom. The van der Waals surface area contributed by atoms with Crippen molar-refractivity contribution in [2.45, 2.75) is 33.1 Å². The van der Waals surface area contributed by atoms with Crippen molar-refractivity contribution in [3.63, 3.8) is 0 Å². The Balaban J connectivity index is 1.85. The average Bonchev–Trinajstić information content (AvgIpc) is 2.99. The first-order chi connectivity index (χ1) is 9.78. The Bertz CT molecular complexity index is 578. The second-order valence-electron chi connectivity index (χ2n) is 5.49. The molecule has 0 saturated carbocycles. The number of hydrogen-bond acceptors (Lipinski definition) is 4. The summed E-state index contributed by atoms with van der Waals surface area (Å²) in [5.74, 6) is 1.50. The molecule has 0 aromatic carbocycles. The number of aromatic nitrogens is 2. The van der Waals surface area contributed by atoms with E-state index in [4.69, 9.17) is 9.40 Å². The fourth-order valence-electron chi connectivity index (χ4n) is 2.90. The number of fused-ring (bicyclic) bond motifs is 1. The molecule has 0 spiro atoms. The lowest BCUT2D eigenvalue weighted by molar-refractivity contribution is 0.423. The van der Waals surface area contributed by atoms with Crippen LogP contribution in [-0.2, 0) is 12.8 Å². The monoisotopic (exact) mass is 271 g/mol. The van der Waals surface area contributed by atoms with E-state index in [0.717, 1.165) is 43.0 Å². The van der Waals surface area contributed by atoms with Crippen LogP contribution in [0.3, 0.4) is 0 Å². The smallest absolute Gasteiger partial charge is 0.162 e. The van der Waals surface area contributed by atoms with Crippen LogP contribution in [-0.4, -0.2) is 23.1 Å². The molecule has 0 radical (unpaired) electrons. The first-order valence-corrected chi connectivity index (χ1v) is 7.37. The maximum absolute atomic E-state index is 5.13. The van der Waals surface area contributed by atoms with Crippen LogP contribution in [0.4, 0.5) is 0 Å². The second-order valence-corrected chi connectivity index (χ2v) is 5.49. The highest BCUT2D eigenvalue weighted by molar-refractivity contribution is 5.54. The molecular formula is C16H21N3O. The molecule has 2 heterocycles. The summed E-state index contributed by atoms with van der Waals surface area (Å²) in [6.45, 7) is 6.39. The fourth-order valence-corrected chi connectivity index (χ4v) is 2.90. The zero-order valence-electron chi connectivity index (χ0n) is 12.1. The summed E-state index contributed by atoms with van der Waals surface area (Å²) in [6, 6.07) is 1.91. The quantitative estimate of drug-likeness (QED) is 0.929. The lowest BCUT2D eigenvalue weighted by atomic mass is 9.85. The maximum atomic E-state index is 5.13. The highest BCUT2D eigenvalue weighted by Gasteiger charge is 2.22. The Morgan fingerprint density at radius 1 is 1.40 bits per heavy atom. The van der Waals surface area contributed by atoms with Gasteiger partial charge in [-0.3, -0.25) is 0 Å². The molecule has 1 atom stereocenters. The Kier molecular flexibility index (Phi) is 3.83. The summed E-state index contributed by atoms with van der Waals surface area (Å²) >= 11 is 0. The topological polar surface area (TPSA) is 51.0 Å². The minimum Gasteiger partial charge on any atom is -0.472 e. The van der Waals surface area contributed by atoms with Crippen LogP contribution < -0.4 is 5.32 Å². The molecule has 0 bridgehead atoms. The molecular weight excluding hydrogens is 250 g/mol. The molecule has 1 unspecified atom stereocenters. The van der Waals surface area contributed by atoms with E-state index in [1.807, 2.05) is 6.07 Å². The normalized spacial score (nSPS) is 18.0. The van der Waals surface area contributed by atoms with Gasteiger partial charge in [0.05, 0.1) is 11.8 Å². The van der Waals surface area contributed by atoms with Crippen LogP contribution in [0, 0.1) is 12.8 Å². The number of rotatable bonds is 4. The lowest BCUT2D eigenvalue weighted by Crippen LogP contribution is -2.28. The van der Waals surface area contributed by atoms with Crippen LogP contribution in [0.2, 0.25) is 0 Å². The fraction of sp³-hybridized carbons (Fsp3) is 0.500. The Labute approximate surface area is 119 Å². The third kappa shape index (κ3) is 2.61. The van der Waals surface area contributed by atoms with E-state index in [0.29, 0.717) is 5.92 Å². The van der Waals surface area contributed by atoms with Gasteiger partial charge >= 0.3 is 0 Å². The molecule has 1 N–H and O–H groups in total. The molecule has 106 valence electrons. The van der Waals surface area contributed by atoms with E-state index in [1.54, 1.807) is 12.5 Å². The van der Waals surface area contributed by atoms with Crippen LogP contribution in [0.1, 0.15) is 30.3 Å². The summed E-state index contributed by atoms with van der Waals surface area (Å²) < 4.78 is 5.13. The van der Waals surface area contributed by atoms with Gasteiger partial charge in [-0.15, -0.1) is 0 Å². The standard InChI is InChI=1S/C16H21N3O/c1-3-17-9-12-4-5-15-14(8-12)11(2)18-16(19-15)13-6-7-20-10-13/h6-7,10,12,17H,3-5,8-9H2,1-2H3. The van der Waals surface area contributed by atoms with Gasteiger partial charge in [-0.2, -0.15) is 0 Å².